The van der Waals surface area contributed by atoms with Crippen molar-refractivity contribution in [1.82, 2.24) is 4.90 Å². The average molecular weight is 267 g/mol. The highest BCUT2D eigenvalue weighted by atomic mass is 16.4. The van der Waals surface area contributed by atoms with Gasteiger partial charge >= 0.3 is 5.97 Å². The Balaban J connectivity index is 1.98. The largest absolute Gasteiger partial charge is 0.481 e. The lowest BCUT2D eigenvalue weighted by atomic mass is 9.71. The highest BCUT2D eigenvalue weighted by Gasteiger charge is 2.42. The second kappa shape index (κ2) is 5.93. The maximum atomic E-state index is 12.3. The second-order valence-corrected chi connectivity index (χ2v) is 6.23. The molecule has 2 rings (SSSR count). The lowest BCUT2D eigenvalue weighted by Gasteiger charge is -2.33. The van der Waals surface area contributed by atoms with E-state index in [1.165, 1.54) is 0 Å². The van der Waals surface area contributed by atoms with Crippen LogP contribution in [0.5, 0.6) is 0 Å². The van der Waals surface area contributed by atoms with Crippen LogP contribution in [0.4, 0.5) is 0 Å². The Bertz CT molecular complexity index is 347. The Morgan fingerprint density at radius 1 is 1.26 bits per heavy atom. The van der Waals surface area contributed by atoms with Crippen LogP contribution >= 0.6 is 0 Å². The van der Waals surface area contributed by atoms with Gasteiger partial charge in [0.15, 0.2) is 0 Å². The summed E-state index contributed by atoms with van der Waals surface area (Å²) in [4.78, 5) is 25.8. The molecular weight excluding hydrogens is 242 g/mol. The molecule has 1 unspecified atom stereocenters. The van der Waals surface area contributed by atoms with Gasteiger partial charge in [0.2, 0.25) is 5.91 Å². The molecule has 1 amide bonds. The number of nitrogens with zero attached hydrogens (tertiary/aromatic N) is 1. The van der Waals surface area contributed by atoms with Gasteiger partial charge in [-0.05, 0) is 25.2 Å². The van der Waals surface area contributed by atoms with Crippen LogP contribution in [0.3, 0.4) is 0 Å². The van der Waals surface area contributed by atoms with Crippen molar-refractivity contribution >= 4 is 11.9 Å². The standard InChI is InChI=1S/C15H25NO3/c1-2-12-6-9-16(11-12)13(17)10-15(14(18)19)7-4-3-5-8-15/h12H,2-11H2,1H3,(H,18,19). The predicted octanol–water partition coefficient (Wildman–Crippen LogP) is 2.67. The van der Waals surface area contributed by atoms with Gasteiger partial charge in [-0.2, -0.15) is 0 Å². The molecule has 0 aromatic heterocycles. The van der Waals surface area contributed by atoms with E-state index in [0.29, 0.717) is 18.8 Å². The van der Waals surface area contributed by atoms with Gasteiger partial charge in [0.25, 0.3) is 0 Å². The molecule has 108 valence electrons. The summed E-state index contributed by atoms with van der Waals surface area (Å²) in [5.74, 6) is -0.108. The number of hydrogen-bond donors (Lipinski definition) is 1. The van der Waals surface area contributed by atoms with E-state index in [-0.39, 0.29) is 12.3 Å². The van der Waals surface area contributed by atoms with Gasteiger partial charge in [-0.1, -0.05) is 32.6 Å². The summed E-state index contributed by atoms with van der Waals surface area (Å²) in [6.07, 6.45) is 6.70. The number of aliphatic carboxylic acids is 1. The maximum Gasteiger partial charge on any atom is 0.310 e. The minimum absolute atomic E-state index is 0.0558. The fraction of sp³-hybridized carbons (Fsp3) is 0.867. The Morgan fingerprint density at radius 2 is 1.95 bits per heavy atom. The monoisotopic (exact) mass is 267 g/mol. The quantitative estimate of drug-likeness (QED) is 0.852. The predicted molar refractivity (Wildman–Crippen MR) is 72.7 cm³/mol. The number of amides is 1. The summed E-state index contributed by atoms with van der Waals surface area (Å²) in [5.41, 5.74) is -0.778. The van der Waals surface area contributed by atoms with E-state index >= 15 is 0 Å². The molecule has 0 aromatic rings. The molecule has 19 heavy (non-hydrogen) atoms. The molecule has 0 aromatic carbocycles. The number of likely N-dealkylation sites (tertiary alicyclic amines) is 1. The molecule has 1 aliphatic heterocycles. The third-order valence-corrected chi connectivity index (χ3v) is 4.97. The number of carbonyl (C=O) groups is 2. The van der Waals surface area contributed by atoms with E-state index in [1.807, 2.05) is 4.90 Å². The molecule has 0 spiro atoms. The molecule has 4 nitrogen and oxygen atoms in total. The van der Waals surface area contributed by atoms with Crippen LogP contribution in [0.2, 0.25) is 0 Å². The van der Waals surface area contributed by atoms with Gasteiger partial charge in [-0.3, -0.25) is 9.59 Å². The van der Waals surface area contributed by atoms with Crippen LogP contribution < -0.4 is 0 Å². The number of carboxylic acid groups (broad SMARTS) is 1. The SMILES string of the molecule is CCC1CCN(C(=O)CC2(C(=O)O)CCCCC2)C1. The Kier molecular flexibility index (Phi) is 4.48. The van der Waals surface area contributed by atoms with Crippen LogP contribution in [0, 0.1) is 11.3 Å². The molecule has 0 radical (unpaired) electrons. The third-order valence-electron chi connectivity index (χ3n) is 4.97. The van der Waals surface area contributed by atoms with Crippen LogP contribution in [-0.4, -0.2) is 35.0 Å². The molecule has 1 atom stereocenters. The zero-order chi connectivity index (χ0) is 13.9. The smallest absolute Gasteiger partial charge is 0.310 e. The summed E-state index contributed by atoms with van der Waals surface area (Å²) in [6.45, 7) is 3.79. The number of rotatable bonds is 4. The molecule has 0 bridgehead atoms. The molecule has 2 fully saturated rings. The van der Waals surface area contributed by atoms with Gasteiger partial charge in [-0.25, -0.2) is 0 Å². The summed E-state index contributed by atoms with van der Waals surface area (Å²) in [6, 6.07) is 0. The first-order valence-corrected chi connectivity index (χ1v) is 7.58. The van der Waals surface area contributed by atoms with Gasteiger partial charge in [0.05, 0.1) is 5.41 Å². The fourth-order valence-electron chi connectivity index (χ4n) is 3.49. The highest BCUT2D eigenvalue weighted by molar-refractivity contribution is 5.85. The Hall–Kier alpha value is -1.06. The highest BCUT2D eigenvalue weighted by Crippen LogP contribution is 2.40. The van der Waals surface area contributed by atoms with E-state index in [0.717, 1.165) is 45.2 Å². The van der Waals surface area contributed by atoms with Crippen molar-refractivity contribution in [3.63, 3.8) is 0 Å². The first-order valence-electron chi connectivity index (χ1n) is 7.58. The fourth-order valence-corrected chi connectivity index (χ4v) is 3.49. The zero-order valence-electron chi connectivity index (χ0n) is 11.9. The lowest BCUT2D eigenvalue weighted by molar-refractivity contribution is -0.155. The van der Waals surface area contributed by atoms with Crippen LogP contribution in [0.15, 0.2) is 0 Å². The second-order valence-electron chi connectivity index (χ2n) is 6.23. The number of carbonyl (C=O) groups excluding carboxylic acids is 1. The van der Waals surface area contributed by atoms with Crippen LogP contribution in [0.25, 0.3) is 0 Å². The summed E-state index contributed by atoms with van der Waals surface area (Å²) < 4.78 is 0. The van der Waals surface area contributed by atoms with Crippen molar-refractivity contribution < 1.29 is 14.7 Å². The molecule has 4 heteroatoms. The average Bonchev–Trinajstić information content (AvgIpc) is 2.88. The topological polar surface area (TPSA) is 57.6 Å². The van der Waals surface area contributed by atoms with E-state index < -0.39 is 11.4 Å². The molecule has 1 saturated carbocycles. The first-order chi connectivity index (χ1) is 9.07. The molecule has 1 heterocycles. The number of hydrogen-bond acceptors (Lipinski definition) is 2. The van der Waals surface area contributed by atoms with E-state index in [2.05, 4.69) is 6.92 Å². The van der Waals surface area contributed by atoms with E-state index in [1.54, 1.807) is 0 Å². The van der Waals surface area contributed by atoms with Crippen molar-refractivity contribution in [1.29, 1.82) is 0 Å². The van der Waals surface area contributed by atoms with Crippen molar-refractivity contribution in [2.24, 2.45) is 11.3 Å². The van der Waals surface area contributed by atoms with Crippen LogP contribution in [-0.2, 0) is 9.59 Å². The van der Waals surface area contributed by atoms with E-state index in [4.69, 9.17) is 0 Å². The zero-order valence-corrected chi connectivity index (χ0v) is 11.9. The normalized spacial score (nSPS) is 26.4. The van der Waals surface area contributed by atoms with Gasteiger partial charge in [0.1, 0.15) is 0 Å². The van der Waals surface area contributed by atoms with Gasteiger partial charge in [-0.15, -0.1) is 0 Å². The van der Waals surface area contributed by atoms with Crippen molar-refractivity contribution in [3.05, 3.63) is 0 Å². The third kappa shape index (κ3) is 3.10. The molecule has 2 aliphatic rings. The van der Waals surface area contributed by atoms with Gasteiger partial charge < -0.3 is 10.0 Å². The molecule has 1 aliphatic carbocycles. The molecule has 1 saturated heterocycles. The summed E-state index contributed by atoms with van der Waals surface area (Å²) >= 11 is 0. The minimum atomic E-state index is -0.778. The maximum absolute atomic E-state index is 12.3. The lowest BCUT2D eigenvalue weighted by Crippen LogP contribution is -2.40. The Morgan fingerprint density at radius 3 is 2.47 bits per heavy atom. The molecule has 1 N–H and O–H groups in total. The van der Waals surface area contributed by atoms with Crippen molar-refractivity contribution in [2.75, 3.05) is 13.1 Å². The Labute approximate surface area is 115 Å². The minimum Gasteiger partial charge on any atom is -0.481 e. The summed E-state index contributed by atoms with van der Waals surface area (Å²) in [5, 5.41) is 9.51. The first kappa shape index (κ1) is 14.4. The number of carboxylic acids is 1. The van der Waals surface area contributed by atoms with Crippen molar-refractivity contribution in [2.45, 2.75) is 58.3 Å². The van der Waals surface area contributed by atoms with Crippen LogP contribution in [0.1, 0.15) is 58.3 Å². The van der Waals surface area contributed by atoms with Gasteiger partial charge in [0, 0.05) is 19.5 Å². The summed E-state index contributed by atoms with van der Waals surface area (Å²) in [7, 11) is 0. The molecular formula is C15H25NO3. The van der Waals surface area contributed by atoms with Crippen molar-refractivity contribution in [3.8, 4) is 0 Å². The van der Waals surface area contributed by atoms with E-state index in [9.17, 15) is 14.7 Å².